The molecule has 1 aromatic rings. The number of carbonyl (C=O) groups excluding carboxylic acids is 2. The lowest BCUT2D eigenvalue weighted by Crippen LogP contribution is -2.58. The van der Waals surface area contributed by atoms with Crippen molar-refractivity contribution in [1.82, 2.24) is 5.32 Å². The van der Waals surface area contributed by atoms with Crippen LogP contribution in [0.2, 0.25) is 0 Å². The standard InChI is InChI=1S/C13H18N3O4/c1-8(2)13(3,12(14)18)15-11(17)9-4-6-10(7-5-9)16(19)20/h4-8,19H,1-3H3,(H2,14,18)(H,15,17)/q-1/t13-/m0/s1. The number of carbonyl (C=O) groups is 2. The molecule has 0 unspecified atom stereocenters. The molecule has 1 rings (SSSR count). The third-order valence-electron chi connectivity index (χ3n) is 3.39. The van der Waals surface area contributed by atoms with Gasteiger partial charge in [-0.25, -0.2) is 0 Å². The zero-order chi connectivity index (χ0) is 15.5. The van der Waals surface area contributed by atoms with Crippen molar-refractivity contribution in [3.63, 3.8) is 0 Å². The highest BCUT2D eigenvalue weighted by Crippen LogP contribution is 2.18. The Balaban J connectivity index is 2.93. The molecule has 0 radical (unpaired) electrons. The van der Waals surface area contributed by atoms with Gasteiger partial charge in [-0.1, -0.05) is 13.8 Å². The molecule has 7 heteroatoms. The van der Waals surface area contributed by atoms with Gasteiger partial charge in [-0.2, -0.15) is 0 Å². The fourth-order valence-electron chi connectivity index (χ4n) is 1.54. The Kier molecular flexibility index (Phi) is 4.69. The zero-order valence-corrected chi connectivity index (χ0v) is 11.6. The fourth-order valence-corrected chi connectivity index (χ4v) is 1.54. The molecule has 0 spiro atoms. The lowest BCUT2D eigenvalue weighted by atomic mass is 9.87. The highest BCUT2D eigenvalue weighted by Gasteiger charge is 2.36. The number of nitrogens with one attached hydrogen (secondary N) is 1. The monoisotopic (exact) mass is 280 g/mol. The molecule has 1 atom stereocenters. The third kappa shape index (κ3) is 3.25. The Labute approximate surface area is 116 Å². The molecule has 4 N–H and O–H groups in total. The van der Waals surface area contributed by atoms with Crippen LogP contribution in [0.5, 0.6) is 0 Å². The van der Waals surface area contributed by atoms with E-state index in [1.54, 1.807) is 20.8 Å². The van der Waals surface area contributed by atoms with Gasteiger partial charge in [0.2, 0.25) is 5.91 Å². The molecule has 0 aromatic heterocycles. The van der Waals surface area contributed by atoms with E-state index >= 15 is 0 Å². The molecule has 20 heavy (non-hydrogen) atoms. The number of nitrogens with two attached hydrogens (primary N) is 1. The van der Waals surface area contributed by atoms with E-state index in [0.717, 1.165) is 0 Å². The molecule has 0 saturated heterocycles. The van der Waals surface area contributed by atoms with Crippen molar-refractivity contribution < 1.29 is 14.8 Å². The fraction of sp³-hybridized carbons (Fsp3) is 0.385. The van der Waals surface area contributed by atoms with Gasteiger partial charge in [-0.15, -0.1) is 0 Å². The molecule has 0 heterocycles. The predicted octanol–water partition coefficient (Wildman–Crippen LogP) is 1.01. The summed E-state index contributed by atoms with van der Waals surface area (Å²) in [6.07, 6.45) is 0. The normalized spacial score (nSPS) is 13.7. The number of primary amides is 1. The van der Waals surface area contributed by atoms with Crippen LogP contribution in [0.3, 0.4) is 0 Å². The summed E-state index contributed by atoms with van der Waals surface area (Å²) in [5.41, 5.74) is 4.41. The second-order valence-electron chi connectivity index (χ2n) is 5.00. The van der Waals surface area contributed by atoms with Crippen molar-refractivity contribution in [2.75, 3.05) is 5.23 Å². The van der Waals surface area contributed by atoms with Gasteiger partial charge in [-0.05, 0) is 37.1 Å². The van der Waals surface area contributed by atoms with E-state index in [-0.39, 0.29) is 22.4 Å². The van der Waals surface area contributed by atoms with Crippen LogP contribution in [0.15, 0.2) is 24.3 Å². The van der Waals surface area contributed by atoms with Crippen LogP contribution in [0.1, 0.15) is 31.1 Å². The van der Waals surface area contributed by atoms with Crippen molar-refractivity contribution in [3.8, 4) is 0 Å². The maximum absolute atomic E-state index is 12.1. The number of anilines is 1. The van der Waals surface area contributed by atoms with Gasteiger partial charge in [-0.3, -0.25) is 14.8 Å². The molecule has 1 aromatic carbocycles. The molecule has 110 valence electrons. The molecule has 0 fully saturated rings. The summed E-state index contributed by atoms with van der Waals surface area (Å²) < 4.78 is 0. The summed E-state index contributed by atoms with van der Waals surface area (Å²) in [6, 6.07) is 5.32. The van der Waals surface area contributed by atoms with Crippen LogP contribution in [0.25, 0.3) is 0 Å². The maximum atomic E-state index is 12.1. The van der Waals surface area contributed by atoms with Crippen molar-refractivity contribution in [2.45, 2.75) is 26.3 Å². The van der Waals surface area contributed by atoms with Crippen LogP contribution in [-0.4, -0.2) is 22.6 Å². The third-order valence-corrected chi connectivity index (χ3v) is 3.39. The van der Waals surface area contributed by atoms with Gasteiger partial charge in [0.1, 0.15) is 5.54 Å². The van der Waals surface area contributed by atoms with Crippen LogP contribution >= 0.6 is 0 Å². The first-order valence-electron chi connectivity index (χ1n) is 6.07. The summed E-state index contributed by atoms with van der Waals surface area (Å²) in [6.45, 7) is 5.10. The predicted molar refractivity (Wildman–Crippen MR) is 74.0 cm³/mol. The topological polar surface area (TPSA) is 119 Å². The van der Waals surface area contributed by atoms with Crippen LogP contribution in [0, 0.1) is 11.1 Å². The average Bonchev–Trinajstić information content (AvgIpc) is 2.38. The minimum Gasteiger partial charge on any atom is -0.733 e. The number of rotatable bonds is 5. The summed E-state index contributed by atoms with van der Waals surface area (Å²) >= 11 is 0. The number of nitrogens with zero attached hydrogens (tertiary/aromatic N) is 1. The zero-order valence-electron chi connectivity index (χ0n) is 11.6. The number of hydrogen-bond donors (Lipinski definition) is 3. The lowest BCUT2D eigenvalue weighted by Gasteiger charge is -2.31. The first kappa shape index (κ1) is 15.9. The number of hydrogen-bond acceptors (Lipinski definition) is 5. The Morgan fingerprint density at radius 1 is 1.35 bits per heavy atom. The molecule has 0 bridgehead atoms. The molecule has 2 amide bonds. The van der Waals surface area contributed by atoms with Crippen molar-refractivity contribution in [3.05, 3.63) is 35.0 Å². The first-order valence-corrected chi connectivity index (χ1v) is 6.07. The number of benzene rings is 1. The van der Waals surface area contributed by atoms with Crippen molar-refractivity contribution in [1.29, 1.82) is 0 Å². The Morgan fingerprint density at radius 2 is 1.85 bits per heavy atom. The quantitative estimate of drug-likeness (QED) is 0.695. The largest absolute Gasteiger partial charge is 0.733 e. The second kappa shape index (κ2) is 5.89. The molecule has 0 saturated carbocycles. The summed E-state index contributed by atoms with van der Waals surface area (Å²) in [5, 5.41) is 21.6. The van der Waals surface area contributed by atoms with E-state index in [4.69, 9.17) is 10.9 Å². The molecule has 0 aliphatic heterocycles. The molecule has 7 nitrogen and oxygen atoms in total. The average molecular weight is 280 g/mol. The first-order chi connectivity index (χ1) is 9.18. The minimum atomic E-state index is -1.17. The lowest BCUT2D eigenvalue weighted by molar-refractivity contribution is -0.125. The maximum Gasteiger partial charge on any atom is 0.252 e. The van der Waals surface area contributed by atoms with Crippen molar-refractivity contribution in [2.24, 2.45) is 11.7 Å². The number of amides is 2. The molecular weight excluding hydrogens is 262 g/mol. The van der Waals surface area contributed by atoms with Gasteiger partial charge in [0.25, 0.3) is 5.91 Å². The highest BCUT2D eigenvalue weighted by molar-refractivity contribution is 5.99. The van der Waals surface area contributed by atoms with Crippen LogP contribution in [0.4, 0.5) is 5.69 Å². The van der Waals surface area contributed by atoms with Crippen LogP contribution < -0.4 is 16.3 Å². The van der Waals surface area contributed by atoms with Crippen LogP contribution in [-0.2, 0) is 4.79 Å². The van der Waals surface area contributed by atoms with E-state index < -0.39 is 17.4 Å². The van der Waals surface area contributed by atoms with Crippen molar-refractivity contribution >= 4 is 17.5 Å². The van der Waals surface area contributed by atoms with E-state index in [1.807, 2.05) is 0 Å². The second-order valence-corrected chi connectivity index (χ2v) is 5.00. The summed E-state index contributed by atoms with van der Waals surface area (Å²) in [4.78, 5) is 23.6. The Morgan fingerprint density at radius 3 is 2.20 bits per heavy atom. The van der Waals surface area contributed by atoms with E-state index in [1.165, 1.54) is 24.3 Å². The van der Waals surface area contributed by atoms with Gasteiger partial charge in [0.05, 0.1) is 5.69 Å². The SMILES string of the molecule is CC(C)[C@](C)(NC(=O)c1ccc(N([O-])O)cc1)C(N)=O. The van der Waals surface area contributed by atoms with Gasteiger partial charge in [0.15, 0.2) is 0 Å². The van der Waals surface area contributed by atoms with E-state index in [0.29, 0.717) is 0 Å². The molecule has 0 aliphatic rings. The summed E-state index contributed by atoms with van der Waals surface area (Å²) in [5.74, 6) is -1.29. The smallest absolute Gasteiger partial charge is 0.252 e. The molecule has 0 aliphatic carbocycles. The minimum absolute atomic E-state index is 0.00284. The van der Waals surface area contributed by atoms with E-state index in [9.17, 15) is 14.8 Å². The van der Waals surface area contributed by atoms with E-state index in [2.05, 4.69) is 5.32 Å². The van der Waals surface area contributed by atoms with Gasteiger partial charge < -0.3 is 21.5 Å². The van der Waals surface area contributed by atoms with Gasteiger partial charge in [0, 0.05) is 5.56 Å². The Bertz CT molecular complexity index is 499. The summed E-state index contributed by atoms with van der Waals surface area (Å²) in [7, 11) is 0. The highest BCUT2D eigenvalue weighted by atomic mass is 16.8. The molecular formula is C13H18N3O4-. The van der Waals surface area contributed by atoms with Gasteiger partial charge >= 0.3 is 0 Å². The Hall–Kier alpha value is -2.12.